The van der Waals surface area contributed by atoms with Gasteiger partial charge in [-0.15, -0.1) is 11.3 Å². The van der Waals surface area contributed by atoms with Gasteiger partial charge in [0.2, 0.25) is 0 Å². The molecule has 0 aliphatic carbocycles. The van der Waals surface area contributed by atoms with Crippen molar-refractivity contribution in [1.82, 2.24) is 10.2 Å². The lowest BCUT2D eigenvalue weighted by atomic mass is 10.2. The molecule has 1 aromatic heterocycles. The second-order valence-corrected chi connectivity index (χ2v) is 7.57. The number of morpholine rings is 1. The number of aryl methyl sites for hydroxylation is 1. The summed E-state index contributed by atoms with van der Waals surface area (Å²) in [5, 5.41) is 5.75. The highest BCUT2D eigenvalue weighted by Gasteiger charge is 2.23. The molecular formula is C19H23ClN2O3S. The minimum Gasteiger partial charge on any atom is -0.484 e. The second-order valence-electron chi connectivity index (χ2n) is 6.18. The maximum absolute atomic E-state index is 12.2. The Kier molecular flexibility index (Phi) is 6.91. The molecule has 1 saturated heterocycles. The van der Waals surface area contributed by atoms with Crippen molar-refractivity contribution in [2.24, 2.45) is 0 Å². The monoisotopic (exact) mass is 394 g/mol. The molecule has 1 atom stereocenters. The van der Waals surface area contributed by atoms with Gasteiger partial charge >= 0.3 is 0 Å². The van der Waals surface area contributed by atoms with E-state index >= 15 is 0 Å². The van der Waals surface area contributed by atoms with Crippen LogP contribution in [0.5, 0.6) is 5.75 Å². The van der Waals surface area contributed by atoms with Crippen molar-refractivity contribution < 1.29 is 14.3 Å². The number of nitrogens with zero attached hydrogens (tertiary/aromatic N) is 1. The SMILES string of the molecule is Cc1cc(OCC(=O)NC[C@H](c2cccs2)N2CCOCC2)ccc1Cl. The number of hydrogen-bond acceptors (Lipinski definition) is 5. The van der Waals surface area contributed by atoms with Crippen LogP contribution in [-0.2, 0) is 9.53 Å². The van der Waals surface area contributed by atoms with Crippen LogP contribution in [0.15, 0.2) is 35.7 Å². The molecule has 0 radical (unpaired) electrons. The summed E-state index contributed by atoms with van der Waals surface area (Å²) in [6, 6.07) is 9.70. The van der Waals surface area contributed by atoms with Crippen LogP contribution in [-0.4, -0.2) is 50.3 Å². The first-order valence-electron chi connectivity index (χ1n) is 8.64. The third-order valence-corrected chi connectivity index (χ3v) is 5.75. The lowest BCUT2D eigenvalue weighted by Gasteiger charge is -2.34. The van der Waals surface area contributed by atoms with E-state index in [1.807, 2.05) is 19.1 Å². The molecule has 140 valence electrons. The van der Waals surface area contributed by atoms with Gasteiger partial charge in [-0.05, 0) is 42.1 Å². The average molecular weight is 395 g/mol. The molecular weight excluding hydrogens is 372 g/mol. The highest BCUT2D eigenvalue weighted by atomic mass is 35.5. The zero-order valence-electron chi connectivity index (χ0n) is 14.7. The fraction of sp³-hybridized carbons (Fsp3) is 0.421. The number of carbonyl (C=O) groups is 1. The molecule has 1 amide bonds. The van der Waals surface area contributed by atoms with Gasteiger partial charge in [-0.25, -0.2) is 0 Å². The van der Waals surface area contributed by atoms with E-state index in [-0.39, 0.29) is 18.6 Å². The molecule has 0 bridgehead atoms. The highest BCUT2D eigenvalue weighted by Crippen LogP contribution is 2.25. The van der Waals surface area contributed by atoms with E-state index < -0.39 is 0 Å². The van der Waals surface area contributed by atoms with E-state index in [1.54, 1.807) is 23.5 Å². The fourth-order valence-electron chi connectivity index (χ4n) is 2.90. The predicted molar refractivity (Wildman–Crippen MR) is 104 cm³/mol. The van der Waals surface area contributed by atoms with Crippen molar-refractivity contribution >= 4 is 28.8 Å². The normalized spacial score (nSPS) is 16.2. The molecule has 3 rings (SSSR count). The Labute approximate surface area is 162 Å². The molecule has 1 fully saturated rings. The maximum atomic E-state index is 12.2. The lowest BCUT2D eigenvalue weighted by Crippen LogP contribution is -2.44. The molecule has 0 unspecified atom stereocenters. The van der Waals surface area contributed by atoms with Crippen molar-refractivity contribution in [3.63, 3.8) is 0 Å². The van der Waals surface area contributed by atoms with Gasteiger partial charge in [0.15, 0.2) is 6.61 Å². The molecule has 0 saturated carbocycles. The first-order chi connectivity index (χ1) is 12.6. The van der Waals surface area contributed by atoms with Gasteiger partial charge in [-0.1, -0.05) is 17.7 Å². The van der Waals surface area contributed by atoms with Crippen LogP contribution in [0.25, 0.3) is 0 Å². The maximum Gasteiger partial charge on any atom is 0.258 e. The predicted octanol–water partition coefficient (Wildman–Crippen LogP) is 3.28. The van der Waals surface area contributed by atoms with E-state index in [2.05, 4.69) is 21.7 Å². The second kappa shape index (κ2) is 9.37. The Morgan fingerprint density at radius 2 is 2.19 bits per heavy atom. The van der Waals surface area contributed by atoms with Crippen LogP contribution in [0.1, 0.15) is 16.5 Å². The summed E-state index contributed by atoms with van der Waals surface area (Å²) in [4.78, 5) is 15.8. The summed E-state index contributed by atoms with van der Waals surface area (Å²) < 4.78 is 11.0. The van der Waals surface area contributed by atoms with Crippen molar-refractivity contribution in [2.75, 3.05) is 39.5 Å². The summed E-state index contributed by atoms with van der Waals surface area (Å²) >= 11 is 7.72. The standard InChI is InChI=1S/C19H23ClN2O3S/c1-14-11-15(4-5-16(14)20)25-13-19(23)21-12-17(18-3-2-10-26-18)22-6-8-24-9-7-22/h2-5,10-11,17H,6-9,12-13H2,1H3,(H,21,23)/t17-/m1/s1. The number of ether oxygens (including phenoxy) is 2. The lowest BCUT2D eigenvalue weighted by molar-refractivity contribution is -0.123. The molecule has 0 spiro atoms. The van der Waals surface area contributed by atoms with Crippen LogP contribution in [0, 0.1) is 6.92 Å². The van der Waals surface area contributed by atoms with Gasteiger partial charge in [0.05, 0.1) is 19.3 Å². The van der Waals surface area contributed by atoms with Gasteiger partial charge in [0, 0.05) is 29.5 Å². The van der Waals surface area contributed by atoms with Crippen LogP contribution in [0.4, 0.5) is 0 Å². The highest BCUT2D eigenvalue weighted by molar-refractivity contribution is 7.10. The Hall–Kier alpha value is -1.60. The topological polar surface area (TPSA) is 50.8 Å². The number of hydrogen-bond donors (Lipinski definition) is 1. The fourth-order valence-corrected chi connectivity index (χ4v) is 3.88. The number of nitrogens with one attached hydrogen (secondary N) is 1. The summed E-state index contributed by atoms with van der Waals surface area (Å²) in [5.74, 6) is 0.512. The van der Waals surface area contributed by atoms with E-state index in [0.29, 0.717) is 17.3 Å². The van der Waals surface area contributed by atoms with Crippen molar-refractivity contribution in [3.05, 3.63) is 51.2 Å². The Morgan fingerprint density at radius 3 is 2.88 bits per heavy atom. The minimum absolute atomic E-state index is 0.0126. The molecule has 1 aliphatic rings. The molecule has 1 N–H and O–H groups in total. The molecule has 2 heterocycles. The first kappa shape index (κ1) is 19.2. The van der Waals surface area contributed by atoms with Crippen molar-refractivity contribution in [1.29, 1.82) is 0 Å². The zero-order valence-corrected chi connectivity index (χ0v) is 16.3. The van der Waals surface area contributed by atoms with Gasteiger partial charge in [-0.3, -0.25) is 9.69 Å². The van der Waals surface area contributed by atoms with E-state index in [1.165, 1.54) is 4.88 Å². The molecule has 7 heteroatoms. The average Bonchev–Trinajstić information content (AvgIpc) is 3.18. The van der Waals surface area contributed by atoms with Crippen LogP contribution in [0.3, 0.4) is 0 Å². The summed E-state index contributed by atoms with van der Waals surface area (Å²) in [5.41, 5.74) is 0.926. The molecule has 26 heavy (non-hydrogen) atoms. The molecule has 1 aliphatic heterocycles. The number of rotatable bonds is 7. The number of halogens is 1. The smallest absolute Gasteiger partial charge is 0.258 e. The molecule has 2 aromatic rings. The third kappa shape index (κ3) is 5.20. The van der Waals surface area contributed by atoms with Crippen molar-refractivity contribution in [3.8, 4) is 5.75 Å². The Morgan fingerprint density at radius 1 is 1.38 bits per heavy atom. The zero-order chi connectivity index (χ0) is 18.4. The van der Waals surface area contributed by atoms with Gasteiger partial charge in [0.25, 0.3) is 5.91 Å². The number of benzene rings is 1. The van der Waals surface area contributed by atoms with Gasteiger partial charge < -0.3 is 14.8 Å². The number of thiophene rings is 1. The van der Waals surface area contributed by atoms with E-state index in [0.717, 1.165) is 31.9 Å². The van der Waals surface area contributed by atoms with Gasteiger partial charge in [-0.2, -0.15) is 0 Å². The van der Waals surface area contributed by atoms with E-state index in [4.69, 9.17) is 21.1 Å². The van der Waals surface area contributed by atoms with Crippen LogP contribution >= 0.6 is 22.9 Å². The van der Waals surface area contributed by atoms with Crippen LogP contribution < -0.4 is 10.1 Å². The van der Waals surface area contributed by atoms with Gasteiger partial charge in [0.1, 0.15) is 5.75 Å². The Balaban J connectivity index is 1.52. The molecule has 1 aromatic carbocycles. The largest absolute Gasteiger partial charge is 0.484 e. The van der Waals surface area contributed by atoms with E-state index in [9.17, 15) is 4.79 Å². The third-order valence-electron chi connectivity index (χ3n) is 4.35. The first-order valence-corrected chi connectivity index (χ1v) is 9.90. The summed E-state index contributed by atoms with van der Waals surface area (Å²) in [7, 11) is 0. The van der Waals surface area contributed by atoms with Crippen LogP contribution in [0.2, 0.25) is 5.02 Å². The number of amides is 1. The summed E-state index contributed by atoms with van der Waals surface area (Å²) in [6.07, 6.45) is 0. The quantitative estimate of drug-likeness (QED) is 0.783. The molecule has 5 nitrogen and oxygen atoms in total. The minimum atomic E-state index is -0.132. The summed E-state index contributed by atoms with van der Waals surface area (Å²) in [6.45, 7) is 5.66. The van der Waals surface area contributed by atoms with Crippen molar-refractivity contribution in [2.45, 2.75) is 13.0 Å². The Bertz CT molecular complexity index is 718. The number of carbonyl (C=O) groups excluding carboxylic acids is 1.